The molecule has 11 nitrogen and oxygen atoms in total. The Morgan fingerprint density at radius 3 is 2.37 bits per heavy atom. The molecule has 13 heteroatoms. The number of nitrogens with two attached hydrogens (primary N) is 1. The number of anilines is 1. The number of morpholine rings is 1. The number of halogens is 2. The van der Waals surface area contributed by atoms with Gasteiger partial charge in [-0.3, -0.25) is 24.2 Å². The minimum Gasteiger partial charge on any atom is -0.455 e. The first-order chi connectivity index (χ1) is 18.3. The predicted octanol–water partition coefficient (Wildman–Crippen LogP) is 1.63. The van der Waals surface area contributed by atoms with Crippen LogP contribution in [0.4, 0.5) is 14.5 Å². The molecule has 2 aliphatic rings. The number of amides is 3. The van der Waals surface area contributed by atoms with E-state index in [0.29, 0.717) is 51.2 Å². The van der Waals surface area contributed by atoms with Crippen LogP contribution in [0.2, 0.25) is 0 Å². The number of hydrogen-bond donors (Lipinski definition) is 2. The van der Waals surface area contributed by atoms with Crippen molar-refractivity contribution in [3.63, 3.8) is 0 Å². The van der Waals surface area contributed by atoms with Crippen molar-refractivity contribution >= 4 is 34.4 Å². The molecule has 0 saturated carbocycles. The Morgan fingerprint density at radius 1 is 0.947 bits per heavy atom. The molecule has 0 bridgehead atoms. The Labute approximate surface area is 216 Å². The average molecular weight is 532 g/mol. The fraction of sp³-hybridized carbons (Fsp3) is 0.400. The number of primary amides is 1. The van der Waals surface area contributed by atoms with Crippen molar-refractivity contribution in [3.8, 4) is 0 Å². The van der Waals surface area contributed by atoms with Crippen LogP contribution in [0.3, 0.4) is 0 Å². The van der Waals surface area contributed by atoms with Gasteiger partial charge >= 0.3 is 0 Å². The fourth-order valence-electron chi connectivity index (χ4n) is 4.61. The molecule has 2 aliphatic heterocycles. The molecule has 2 fully saturated rings. The molecule has 2 saturated heterocycles. The van der Waals surface area contributed by atoms with Crippen LogP contribution in [0.5, 0.6) is 0 Å². The summed E-state index contributed by atoms with van der Waals surface area (Å²) in [4.78, 5) is 43.2. The van der Waals surface area contributed by atoms with Gasteiger partial charge in [-0.05, 0) is 18.2 Å². The van der Waals surface area contributed by atoms with E-state index in [1.807, 2.05) is 4.90 Å². The number of piperazine rings is 1. The number of fused-ring (bicyclic) bond motifs is 1. The van der Waals surface area contributed by atoms with Gasteiger partial charge in [0.05, 0.1) is 31.7 Å². The van der Waals surface area contributed by atoms with E-state index in [9.17, 15) is 23.2 Å². The number of ether oxygens (including phenoxy) is 1. The van der Waals surface area contributed by atoms with Crippen molar-refractivity contribution in [1.82, 2.24) is 14.7 Å². The monoisotopic (exact) mass is 531 g/mol. The van der Waals surface area contributed by atoms with Gasteiger partial charge in [0.15, 0.2) is 17.2 Å². The summed E-state index contributed by atoms with van der Waals surface area (Å²) in [5, 5.41) is 2.29. The predicted molar refractivity (Wildman–Crippen MR) is 130 cm³/mol. The summed E-state index contributed by atoms with van der Waals surface area (Å²) < 4.78 is 44.0. The number of benzene rings is 1. The van der Waals surface area contributed by atoms with E-state index in [1.165, 1.54) is 6.07 Å². The molecule has 0 aliphatic carbocycles. The zero-order chi connectivity index (χ0) is 26.8. The summed E-state index contributed by atoms with van der Waals surface area (Å²) in [6.45, 7) is 6.12. The maximum absolute atomic E-state index is 14.1. The molecule has 0 unspecified atom stereocenters. The Balaban J connectivity index is 1.18. The molecule has 4 heterocycles. The zero-order valence-corrected chi connectivity index (χ0v) is 20.5. The maximum Gasteiger partial charge on any atom is 0.291 e. The van der Waals surface area contributed by atoms with Gasteiger partial charge in [-0.1, -0.05) is 0 Å². The molecule has 1 aromatic carbocycles. The third kappa shape index (κ3) is 5.54. The smallest absolute Gasteiger partial charge is 0.291 e. The van der Waals surface area contributed by atoms with E-state index >= 15 is 0 Å². The van der Waals surface area contributed by atoms with E-state index in [4.69, 9.17) is 19.3 Å². The molecule has 0 radical (unpaired) electrons. The molecule has 5 rings (SSSR count). The molecular weight excluding hydrogens is 504 g/mol. The van der Waals surface area contributed by atoms with E-state index in [0.717, 1.165) is 32.2 Å². The number of carbonyl (C=O) groups excluding carboxylic acids is 3. The summed E-state index contributed by atoms with van der Waals surface area (Å²) in [6, 6.07) is 4.66. The van der Waals surface area contributed by atoms with Gasteiger partial charge in [0, 0.05) is 45.3 Å². The third-order valence-electron chi connectivity index (χ3n) is 6.62. The standard InChI is InChI=1S/C25H27F2N5O6/c26-15-11-17-21(23(24(28)34)38-22(17)18(27)12-15)29-25(35)19-2-1-16(37-19)13-30-3-5-31(6-4-30)14-20(33)32-7-9-36-10-8-32/h1-2,11-12H,3-10,13-14H2,(H2,28,34)(H,29,35). The first-order valence-corrected chi connectivity index (χ1v) is 12.2. The van der Waals surface area contributed by atoms with Gasteiger partial charge < -0.3 is 29.5 Å². The third-order valence-corrected chi connectivity index (χ3v) is 6.62. The average Bonchev–Trinajstić information content (AvgIpc) is 3.51. The Morgan fingerprint density at radius 2 is 1.66 bits per heavy atom. The highest BCUT2D eigenvalue weighted by Gasteiger charge is 2.26. The highest BCUT2D eigenvalue weighted by atomic mass is 19.1. The van der Waals surface area contributed by atoms with Gasteiger partial charge in [0.25, 0.3) is 11.8 Å². The molecule has 202 valence electrons. The number of nitrogens with zero attached hydrogens (tertiary/aromatic N) is 3. The van der Waals surface area contributed by atoms with Crippen LogP contribution in [0.25, 0.3) is 11.0 Å². The van der Waals surface area contributed by atoms with Crippen molar-refractivity contribution in [2.75, 3.05) is 64.3 Å². The second-order valence-corrected chi connectivity index (χ2v) is 9.20. The summed E-state index contributed by atoms with van der Waals surface area (Å²) in [7, 11) is 0. The fourth-order valence-corrected chi connectivity index (χ4v) is 4.61. The zero-order valence-electron chi connectivity index (χ0n) is 20.5. The molecule has 0 spiro atoms. The Bertz CT molecular complexity index is 1360. The molecule has 0 atom stereocenters. The van der Waals surface area contributed by atoms with Crippen LogP contribution in [0.15, 0.2) is 33.1 Å². The summed E-state index contributed by atoms with van der Waals surface area (Å²) in [5.74, 6) is -3.65. The van der Waals surface area contributed by atoms with Crippen molar-refractivity contribution in [1.29, 1.82) is 0 Å². The first kappa shape index (κ1) is 25.8. The molecular formula is C25H27F2N5O6. The van der Waals surface area contributed by atoms with Crippen molar-refractivity contribution in [2.24, 2.45) is 5.73 Å². The minimum absolute atomic E-state index is 0.0589. The summed E-state index contributed by atoms with van der Waals surface area (Å²) >= 11 is 0. The lowest BCUT2D eigenvalue weighted by molar-refractivity contribution is -0.136. The maximum atomic E-state index is 14.1. The molecule has 3 N–H and O–H groups in total. The number of rotatable bonds is 7. The van der Waals surface area contributed by atoms with Crippen LogP contribution >= 0.6 is 0 Å². The first-order valence-electron chi connectivity index (χ1n) is 12.2. The molecule has 38 heavy (non-hydrogen) atoms. The van der Waals surface area contributed by atoms with Crippen LogP contribution in [-0.2, 0) is 16.1 Å². The SMILES string of the molecule is NC(=O)c1oc2c(F)cc(F)cc2c1NC(=O)c1ccc(CN2CCN(CC(=O)N3CCOCC3)CC2)o1. The lowest BCUT2D eigenvalue weighted by Crippen LogP contribution is -2.51. The number of nitrogens with one attached hydrogen (secondary N) is 1. The lowest BCUT2D eigenvalue weighted by Gasteiger charge is -2.35. The van der Waals surface area contributed by atoms with E-state index in [1.54, 1.807) is 6.07 Å². The van der Waals surface area contributed by atoms with E-state index in [-0.39, 0.29) is 22.7 Å². The van der Waals surface area contributed by atoms with Crippen molar-refractivity contribution in [2.45, 2.75) is 6.54 Å². The van der Waals surface area contributed by atoms with Crippen LogP contribution in [0.1, 0.15) is 26.9 Å². The van der Waals surface area contributed by atoms with Crippen LogP contribution in [-0.4, -0.2) is 91.4 Å². The van der Waals surface area contributed by atoms with E-state index < -0.39 is 34.8 Å². The van der Waals surface area contributed by atoms with Crippen molar-refractivity contribution < 1.29 is 36.7 Å². The minimum atomic E-state index is -1.05. The van der Waals surface area contributed by atoms with Crippen LogP contribution in [0, 0.1) is 11.6 Å². The van der Waals surface area contributed by atoms with Gasteiger partial charge in [-0.2, -0.15) is 0 Å². The molecule has 2 aromatic heterocycles. The normalized spacial score (nSPS) is 17.2. The number of furan rings is 2. The van der Waals surface area contributed by atoms with Gasteiger partial charge in [0.2, 0.25) is 11.7 Å². The van der Waals surface area contributed by atoms with Gasteiger partial charge in [-0.25, -0.2) is 8.78 Å². The second-order valence-electron chi connectivity index (χ2n) is 9.20. The molecule has 3 aromatic rings. The Hall–Kier alpha value is -3.81. The van der Waals surface area contributed by atoms with Gasteiger partial charge in [-0.15, -0.1) is 0 Å². The highest BCUT2D eigenvalue weighted by molar-refractivity contribution is 6.13. The number of carbonyl (C=O) groups is 3. The molecule has 3 amide bonds. The Kier molecular flexibility index (Phi) is 7.40. The number of hydrogen-bond acceptors (Lipinski definition) is 8. The second kappa shape index (κ2) is 10.9. The topological polar surface area (TPSA) is 134 Å². The lowest BCUT2D eigenvalue weighted by atomic mass is 10.2. The summed E-state index contributed by atoms with van der Waals surface area (Å²) in [6.07, 6.45) is 0. The highest BCUT2D eigenvalue weighted by Crippen LogP contribution is 2.33. The quantitative estimate of drug-likeness (QED) is 0.470. The largest absolute Gasteiger partial charge is 0.455 e. The summed E-state index contributed by atoms with van der Waals surface area (Å²) in [5.41, 5.74) is 4.66. The van der Waals surface area contributed by atoms with Crippen molar-refractivity contribution in [3.05, 3.63) is 53.2 Å². The van der Waals surface area contributed by atoms with Gasteiger partial charge in [0.1, 0.15) is 17.3 Å². The van der Waals surface area contributed by atoms with E-state index in [2.05, 4.69) is 15.1 Å². The van der Waals surface area contributed by atoms with Crippen LogP contribution < -0.4 is 11.1 Å².